The van der Waals surface area contributed by atoms with Gasteiger partial charge in [-0.2, -0.15) is 0 Å². The quantitative estimate of drug-likeness (QED) is 0.798. The van der Waals surface area contributed by atoms with Gasteiger partial charge in [-0.1, -0.05) is 31.5 Å². The van der Waals surface area contributed by atoms with Crippen molar-refractivity contribution in [3.05, 3.63) is 41.6 Å². The summed E-state index contributed by atoms with van der Waals surface area (Å²) in [5.74, 6) is -0.397. The molecule has 1 aliphatic rings. The van der Waals surface area contributed by atoms with E-state index in [1.807, 2.05) is 20.8 Å². The number of carbonyl (C=O) groups is 1. The molecule has 1 atom stereocenters. The van der Waals surface area contributed by atoms with E-state index in [2.05, 4.69) is 0 Å². The molecule has 0 aliphatic carbocycles. The van der Waals surface area contributed by atoms with Crippen molar-refractivity contribution in [3.8, 4) is 0 Å². The van der Waals surface area contributed by atoms with Gasteiger partial charge in [-0.15, -0.1) is 0 Å². The molecule has 0 saturated carbocycles. The number of sulfonamides is 1. The van der Waals surface area contributed by atoms with E-state index in [4.69, 9.17) is 4.74 Å². The van der Waals surface area contributed by atoms with Crippen LogP contribution in [0.1, 0.15) is 19.4 Å². The van der Waals surface area contributed by atoms with Crippen LogP contribution in [0.5, 0.6) is 0 Å². The largest absolute Gasteiger partial charge is 0.464 e. The van der Waals surface area contributed by atoms with Gasteiger partial charge in [0.1, 0.15) is 5.70 Å². The average molecular weight is 323 g/mol. The normalized spacial score (nSPS) is 18.5. The number of rotatable bonds is 4. The zero-order valence-corrected chi connectivity index (χ0v) is 14.1. The standard InChI is InChI=1S/C16H21NO4S/c1-11(2)13-9-15(16(18)21-4)17(10-13)22(19,20)14-7-5-12(3)6-8-14/h5-9,11,13H,10H2,1-4H3. The number of hydrogen-bond donors (Lipinski definition) is 0. The predicted molar refractivity (Wildman–Crippen MR) is 83.5 cm³/mol. The predicted octanol–water partition coefficient (Wildman–Crippen LogP) is 2.33. The van der Waals surface area contributed by atoms with E-state index in [-0.39, 0.29) is 29.0 Å². The fraction of sp³-hybridized carbons (Fsp3) is 0.438. The highest BCUT2D eigenvalue weighted by molar-refractivity contribution is 7.89. The molecule has 22 heavy (non-hydrogen) atoms. The number of methoxy groups -OCH3 is 1. The molecule has 5 nitrogen and oxygen atoms in total. The first-order chi connectivity index (χ1) is 10.3. The Hall–Kier alpha value is -1.82. The minimum atomic E-state index is -3.76. The average Bonchev–Trinajstić information content (AvgIpc) is 2.93. The van der Waals surface area contributed by atoms with Gasteiger partial charge in [-0.05, 0) is 31.1 Å². The first-order valence-electron chi connectivity index (χ1n) is 7.17. The third kappa shape index (κ3) is 3.02. The molecule has 1 aliphatic heterocycles. The molecular formula is C16H21NO4S. The summed E-state index contributed by atoms with van der Waals surface area (Å²) in [4.78, 5) is 12.1. The van der Waals surface area contributed by atoms with Crippen molar-refractivity contribution >= 4 is 16.0 Å². The molecule has 1 aromatic rings. The summed E-state index contributed by atoms with van der Waals surface area (Å²) in [5, 5.41) is 0. The Kier molecular flexibility index (Phi) is 4.60. The van der Waals surface area contributed by atoms with E-state index in [0.717, 1.165) is 9.87 Å². The monoisotopic (exact) mass is 323 g/mol. The molecule has 6 heteroatoms. The van der Waals surface area contributed by atoms with Crippen LogP contribution in [-0.2, 0) is 19.6 Å². The van der Waals surface area contributed by atoms with E-state index in [1.165, 1.54) is 7.11 Å². The van der Waals surface area contributed by atoms with Crippen LogP contribution < -0.4 is 0 Å². The second kappa shape index (κ2) is 6.12. The number of benzene rings is 1. The molecule has 0 amide bonds. The van der Waals surface area contributed by atoms with Gasteiger partial charge in [0.2, 0.25) is 0 Å². The van der Waals surface area contributed by atoms with Gasteiger partial charge in [0.25, 0.3) is 10.0 Å². The number of hydrogen-bond acceptors (Lipinski definition) is 4. The molecule has 1 aromatic carbocycles. The van der Waals surface area contributed by atoms with Gasteiger partial charge in [0.15, 0.2) is 0 Å². The molecule has 0 fully saturated rings. The Bertz CT molecular complexity index is 689. The first kappa shape index (κ1) is 16.5. The zero-order valence-electron chi connectivity index (χ0n) is 13.2. The van der Waals surface area contributed by atoms with Gasteiger partial charge in [0, 0.05) is 12.5 Å². The lowest BCUT2D eigenvalue weighted by Crippen LogP contribution is -2.33. The van der Waals surface area contributed by atoms with Gasteiger partial charge in [-0.25, -0.2) is 13.2 Å². The number of carbonyl (C=O) groups excluding carboxylic acids is 1. The third-order valence-corrected chi connectivity index (χ3v) is 5.67. The lowest BCUT2D eigenvalue weighted by Gasteiger charge is -2.22. The van der Waals surface area contributed by atoms with Crippen LogP contribution in [0.15, 0.2) is 40.9 Å². The van der Waals surface area contributed by atoms with Crippen LogP contribution in [0.25, 0.3) is 0 Å². The topological polar surface area (TPSA) is 63.7 Å². The summed E-state index contributed by atoms with van der Waals surface area (Å²) >= 11 is 0. The Morgan fingerprint density at radius 2 is 1.86 bits per heavy atom. The Morgan fingerprint density at radius 1 is 1.27 bits per heavy atom. The van der Waals surface area contributed by atoms with Gasteiger partial charge in [-0.3, -0.25) is 4.31 Å². The maximum Gasteiger partial charge on any atom is 0.355 e. The molecule has 0 aromatic heterocycles. The van der Waals surface area contributed by atoms with Crippen molar-refractivity contribution in [2.24, 2.45) is 11.8 Å². The van der Waals surface area contributed by atoms with Crippen LogP contribution in [0.2, 0.25) is 0 Å². The smallest absolute Gasteiger partial charge is 0.355 e. The van der Waals surface area contributed by atoms with E-state index in [1.54, 1.807) is 30.3 Å². The molecule has 0 saturated heterocycles. The molecule has 1 unspecified atom stereocenters. The van der Waals surface area contributed by atoms with Crippen molar-refractivity contribution in [2.45, 2.75) is 25.7 Å². The highest BCUT2D eigenvalue weighted by Crippen LogP contribution is 2.32. The maximum atomic E-state index is 12.8. The van der Waals surface area contributed by atoms with Crippen LogP contribution in [0.4, 0.5) is 0 Å². The summed E-state index contributed by atoms with van der Waals surface area (Å²) < 4.78 is 31.5. The van der Waals surface area contributed by atoms with Crippen molar-refractivity contribution in [1.82, 2.24) is 4.31 Å². The van der Waals surface area contributed by atoms with Crippen LogP contribution in [-0.4, -0.2) is 32.3 Å². The highest BCUT2D eigenvalue weighted by atomic mass is 32.2. The van der Waals surface area contributed by atoms with E-state index in [9.17, 15) is 13.2 Å². The minimum Gasteiger partial charge on any atom is -0.464 e. The van der Waals surface area contributed by atoms with E-state index < -0.39 is 16.0 Å². The molecule has 0 bridgehead atoms. The highest BCUT2D eigenvalue weighted by Gasteiger charge is 2.38. The second-order valence-electron chi connectivity index (χ2n) is 5.80. The molecular weight excluding hydrogens is 302 g/mol. The first-order valence-corrected chi connectivity index (χ1v) is 8.61. The van der Waals surface area contributed by atoms with Crippen LogP contribution in [0.3, 0.4) is 0 Å². The zero-order chi connectivity index (χ0) is 16.5. The third-order valence-electron chi connectivity index (χ3n) is 3.88. The Balaban J connectivity index is 2.43. The van der Waals surface area contributed by atoms with E-state index >= 15 is 0 Å². The number of aryl methyl sites for hydroxylation is 1. The Labute approximate surface area is 131 Å². The van der Waals surface area contributed by atoms with Crippen molar-refractivity contribution in [2.75, 3.05) is 13.7 Å². The Morgan fingerprint density at radius 3 is 2.36 bits per heavy atom. The fourth-order valence-corrected chi connectivity index (χ4v) is 3.87. The lowest BCUT2D eigenvalue weighted by molar-refractivity contribution is -0.137. The second-order valence-corrected chi connectivity index (χ2v) is 7.66. The number of nitrogens with zero attached hydrogens (tertiary/aromatic N) is 1. The van der Waals surface area contributed by atoms with Gasteiger partial charge >= 0.3 is 5.97 Å². The minimum absolute atomic E-state index is 0.00526. The fourth-order valence-electron chi connectivity index (χ4n) is 2.37. The SMILES string of the molecule is COC(=O)C1=CC(C(C)C)CN1S(=O)(=O)c1ccc(C)cc1. The molecule has 0 N–H and O–H groups in total. The molecule has 120 valence electrons. The summed E-state index contributed by atoms with van der Waals surface area (Å²) in [6.45, 7) is 6.15. The number of esters is 1. The summed E-state index contributed by atoms with van der Waals surface area (Å²) in [6.07, 6.45) is 1.70. The van der Waals surface area contributed by atoms with Crippen molar-refractivity contribution < 1.29 is 17.9 Å². The van der Waals surface area contributed by atoms with Crippen molar-refractivity contribution in [3.63, 3.8) is 0 Å². The summed E-state index contributed by atoms with van der Waals surface area (Å²) in [7, 11) is -2.51. The maximum absolute atomic E-state index is 12.8. The van der Waals surface area contributed by atoms with Gasteiger partial charge < -0.3 is 4.74 Å². The number of ether oxygens (including phenoxy) is 1. The summed E-state index contributed by atoms with van der Waals surface area (Å²) in [6, 6.07) is 6.60. The van der Waals surface area contributed by atoms with E-state index in [0.29, 0.717) is 0 Å². The molecule has 2 rings (SSSR count). The lowest BCUT2D eigenvalue weighted by atomic mass is 9.97. The van der Waals surface area contributed by atoms with Crippen LogP contribution >= 0.6 is 0 Å². The van der Waals surface area contributed by atoms with Crippen molar-refractivity contribution in [1.29, 1.82) is 0 Å². The molecule has 0 radical (unpaired) electrons. The van der Waals surface area contributed by atoms with Crippen LogP contribution in [0, 0.1) is 18.8 Å². The van der Waals surface area contributed by atoms with Gasteiger partial charge in [0.05, 0.1) is 12.0 Å². The molecule has 1 heterocycles. The summed E-state index contributed by atoms with van der Waals surface area (Å²) in [5.41, 5.74) is 1.07. The molecule has 0 spiro atoms.